The van der Waals surface area contributed by atoms with E-state index in [0.29, 0.717) is 31.9 Å². The molecule has 132 valence electrons. The molecule has 6 nitrogen and oxygen atoms in total. The van der Waals surface area contributed by atoms with Crippen LogP contribution in [0.5, 0.6) is 5.75 Å². The van der Waals surface area contributed by atoms with Crippen LogP contribution < -0.4 is 4.74 Å². The summed E-state index contributed by atoms with van der Waals surface area (Å²) < 4.78 is 11.8. The minimum absolute atomic E-state index is 0.00588. The topological polar surface area (TPSA) is 59.1 Å². The molecule has 7 heteroatoms. The molecule has 2 amide bonds. The molecule has 0 aliphatic carbocycles. The van der Waals surface area contributed by atoms with Crippen molar-refractivity contribution in [3.63, 3.8) is 0 Å². The highest BCUT2D eigenvalue weighted by Gasteiger charge is 2.27. The third-order valence-electron chi connectivity index (χ3n) is 3.46. The first kappa shape index (κ1) is 18.6. The molecular formula is C17H23BrN2O4. The molecule has 0 aromatic heterocycles. The lowest BCUT2D eigenvalue weighted by Crippen LogP contribution is -2.52. The van der Waals surface area contributed by atoms with Gasteiger partial charge in [0.05, 0.1) is 0 Å². The second-order valence-corrected chi connectivity index (χ2v) is 7.51. The molecule has 1 aromatic carbocycles. The summed E-state index contributed by atoms with van der Waals surface area (Å²) in [5.41, 5.74) is -0.511. The van der Waals surface area contributed by atoms with Gasteiger partial charge in [0.1, 0.15) is 11.4 Å². The monoisotopic (exact) mass is 398 g/mol. The molecule has 1 heterocycles. The fourth-order valence-corrected chi connectivity index (χ4v) is 2.50. The molecule has 0 N–H and O–H groups in total. The van der Waals surface area contributed by atoms with E-state index in [9.17, 15) is 9.59 Å². The number of hydrogen-bond donors (Lipinski definition) is 0. The van der Waals surface area contributed by atoms with E-state index in [1.807, 2.05) is 32.9 Å². The number of nitrogens with zero attached hydrogens (tertiary/aromatic N) is 2. The SMILES string of the molecule is CC(C)(C)OC(=O)N1CCN(C(=O)COc2ccc(Br)cc2)CC1. The number of carbonyl (C=O) groups excluding carboxylic acids is 2. The molecule has 2 rings (SSSR count). The second-order valence-electron chi connectivity index (χ2n) is 6.59. The van der Waals surface area contributed by atoms with Crippen LogP contribution in [0, 0.1) is 0 Å². The average molecular weight is 399 g/mol. The van der Waals surface area contributed by atoms with Gasteiger partial charge >= 0.3 is 6.09 Å². The van der Waals surface area contributed by atoms with Crippen LogP contribution in [-0.4, -0.2) is 60.2 Å². The van der Waals surface area contributed by atoms with Gasteiger partial charge in [-0.3, -0.25) is 4.79 Å². The Hall–Kier alpha value is -1.76. The maximum absolute atomic E-state index is 12.2. The fraction of sp³-hybridized carbons (Fsp3) is 0.529. The first-order chi connectivity index (χ1) is 11.2. The summed E-state index contributed by atoms with van der Waals surface area (Å²) in [6.45, 7) is 7.42. The van der Waals surface area contributed by atoms with Gasteiger partial charge in [-0.1, -0.05) is 15.9 Å². The van der Waals surface area contributed by atoms with Crippen LogP contribution in [0.2, 0.25) is 0 Å². The highest BCUT2D eigenvalue weighted by molar-refractivity contribution is 9.10. The molecule has 0 saturated carbocycles. The van der Waals surface area contributed by atoms with E-state index >= 15 is 0 Å². The Morgan fingerprint density at radius 3 is 2.12 bits per heavy atom. The zero-order valence-corrected chi connectivity index (χ0v) is 15.8. The summed E-state index contributed by atoms with van der Waals surface area (Å²) in [4.78, 5) is 27.5. The van der Waals surface area contributed by atoms with Gasteiger partial charge < -0.3 is 19.3 Å². The van der Waals surface area contributed by atoms with Crippen LogP contribution in [-0.2, 0) is 9.53 Å². The van der Waals surface area contributed by atoms with E-state index in [1.54, 1.807) is 21.9 Å². The van der Waals surface area contributed by atoms with Crippen molar-refractivity contribution in [2.24, 2.45) is 0 Å². The summed E-state index contributed by atoms with van der Waals surface area (Å²) in [5.74, 6) is 0.570. The van der Waals surface area contributed by atoms with Gasteiger partial charge in [0.15, 0.2) is 6.61 Å². The van der Waals surface area contributed by atoms with Crippen molar-refractivity contribution in [1.29, 1.82) is 0 Å². The van der Waals surface area contributed by atoms with Gasteiger partial charge in [-0.05, 0) is 45.0 Å². The van der Waals surface area contributed by atoms with Gasteiger partial charge in [0, 0.05) is 30.7 Å². The third-order valence-corrected chi connectivity index (χ3v) is 3.99. The molecule has 0 unspecified atom stereocenters. The lowest BCUT2D eigenvalue weighted by molar-refractivity contribution is -0.135. The van der Waals surface area contributed by atoms with E-state index in [4.69, 9.17) is 9.47 Å². The van der Waals surface area contributed by atoms with E-state index in [1.165, 1.54) is 0 Å². The molecule has 0 spiro atoms. The molecule has 0 bridgehead atoms. The largest absolute Gasteiger partial charge is 0.484 e. The summed E-state index contributed by atoms with van der Waals surface area (Å²) in [7, 11) is 0. The summed E-state index contributed by atoms with van der Waals surface area (Å²) in [5, 5.41) is 0. The van der Waals surface area contributed by atoms with Gasteiger partial charge in [-0.25, -0.2) is 4.79 Å². The standard InChI is InChI=1S/C17H23BrN2O4/c1-17(2,3)24-16(22)20-10-8-19(9-11-20)15(21)12-23-14-6-4-13(18)5-7-14/h4-7H,8-12H2,1-3H3. The number of ether oxygens (including phenoxy) is 2. The van der Waals surface area contributed by atoms with Crippen LogP contribution in [0.15, 0.2) is 28.7 Å². The third kappa shape index (κ3) is 5.70. The number of carbonyl (C=O) groups is 2. The van der Waals surface area contributed by atoms with Crippen molar-refractivity contribution in [2.45, 2.75) is 26.4 Å². The molecule has 0 atom stereocenters. The zero-order valence-electron chi connectivity index (χ0n) is 14.3. The van der Waals surface area contributed by atoms with Crippen molar-refractivity contribution in [3.05, 3.63) is 28.7 Å². The first-order valence-corrected chi connectivity index (χ1v) is 8.68. The Kier molecular flexibility index (Phi) is 6.10. The number of amides is 2. The number of piperazine rings is 1. The smallest absolute Gasteiger partial charge is 0.410 e. The molecule has 1 aliphatic heterocycles. The van der Waals surface area contributed by atoms with Gasteiger partial charge in [-0.2, -0.15) is 0 Å². The summed E-state index contributed by atoms with van der Waals surface area (Å²) >= 11 is 3.35. The second kappa shape index (κ2) is 7.88. The number of rotatable bonds is 3. The van der Waals surface area contributed by atoms with E-state index in [2.05, 4.69) is 15.9 Å². The van der Waals surface area contributed by atoms with Crippen molar-refractivity contribution in [1.82, 2.24) is 9.80 Å². The van der Waals surface area contributed by atoms with Gasteiger partial charge in [0.25, 0.3) is 5.91 Å². The van der Waals surface area contributed by atoms with E-state index < -0.39 is 5.60 Å². The minimum atomic E-state index is -0.511. The van der Waals surface area contributed by atoms with Crippen molar-refractivity contribution in [3.8, 4) is 5.75 Å². The molecule has 24 heavy (non-hydrogen) atoms. The van der Waals surface area contributed by atoms with Crippen molar-refractivity contribution < 1.29 is 19.1 Å². The van der Waals surface area contributed by atoms with Crippen LogP contribution in [0.25, 0.3) is 0 Å². The van der Waals surface area contributed by atoms with Gasteiger partial charge in [0.2, 0.25) is 0 Å². The van der Waals surface area contributed by atoms with E-state index in [-0.39, 0.29) is 18.6 Å². The Labute approximate surface area is 150 Å². The van der Waals surface area contributed by atoms with Crippen LogP contribution in [0.4, 0.5) is 4.79 Å². The molecule has 1 fully saturated rings. The van der Waals surface area contributed by atoms with Gasteiger partial charge in [-0.15, -0.1) is 0 Å². The van der Waals surface area contributed by atoms with Crippen LogP contribution >= 0.6 is 15.9 Å². The Bertz CT molecular complexity index is 575. The summed E-state index contributed by atoms with van der Waals surface area (Å²) in [6.07, 6.45) is -0.333. The zero-order chi connectivity index (χ0) is 17.7. The maximum atomic E-state index is 12.2. The minimum Gasteiger partial charge on any atom is -0.484 e. The Morgan fingerprint density at radius 1 is 1.04 bits per heavy atom. The lowest BCUT2D eigenvalue weighted by atomic mass is 10.2. The molecule has 1 aromatic rings. The molecular weight excluding hydrogens is 376 g/mol. The first-order valence-electron chi connectivity index (χ1n) is 7.89. The summed E-state index contributed by atoms with van der Waals surface area (Å²) in [6, 6.07) is 7.33. The highest BCUT2D eigenvalue weighted by atomic mass is 79.9. The predicted octanol–water partition coefficient (Wildman–Crippen LogP) is 2.91. The van der Waals surface area contributed by atoms with Crippen LogP contribution in [0.3, 0.4) is 0 Å². The highest BCUT2D eigenvalue weighted by Crippen LogP contribution is 2.16. The molecule has 1 aliphatic rings. The predicted molar refractivity (Wildman–Crippen MR) is 94.0 cm³/mol. The van der Waals surface area contributed by atoms with Crippen molar-refractivity contribution in [2.75, 3.05) is 32.8 Å². The number of benzene rings is 1. The Morgan fingerprint density at radius 2 is 1.58 bits per heavy atom. The van der Waals surface area contributed by atoms with Crippen LogP contribution in [0.1, 0.15) is 20.8 Å². The van der Waals surface area contributed by atoms with Crippen molar-refractivity contribution >= 4 is 27.9 Å². The number of hydrogen-bond acceptors (Lipinski definition) is 4. The normalized spacial score (nSPS) is 15.2. The molecule has 0 radical (unpaired) electrons. The average Bonchev–Trinajstić information content (AvgIpc) is 2.52. The maximum Gasteiger partial charge on any atom is 0.410 e. The lowest BCUT2D eigenvalue weighted by Gasteiger charge is -2.35. The fourth-order valence-electron chi connectivity index (χ4n) is 2.23. The quantitative estimate of drug-likeness (QED) is 0.785. The number of halogens is 1. The Balaban J connectivity index is 1.76. The van der Waals surface area contributed by atoms with E-state index in [0.717, 1.165) is 4.47 Å². The molecule has 1 saturated heterocycles.